The van der Waals surface area contributed by atoms with Crippen molar-refractivity contribution in [3.05, 3.63) is 35.9 Å². The summed E-state index contributed by atoms with van der Waals surface area (Å²) < 4.78 is 0. The van der Waals surface area contributed by atoms with Crippen molar-refractivity contribution in [1.82, 2.24) is 10.2 Å². The summed E-state index contributed by atoms with van der Waals surface area (Å²) in [6.07, 6.45) is 6.53. The van der Waals surface area contributed by atoms with Crippen LogP contribution in [0.3, 0.4) is 0 Å². The van der Waals surface area contributed by atoms with E-state index in [4.69, 9.17) is 0 Å². The van der Waals surface area contributed by atoms with Gasteiger partial charge in [-0.3, -0.25) is 4.90 Å². The van der Waals surface area contributed by atoms with Crippen LogP contribution in [0.25, 0.3) is 0 Å². The van der Waals surface area contributed by atoms with Gasteiger partial charge in [0.2, 0.25) is 0 Å². The Kier molecular flexibility index (Phi) is 4.71. The maximum absolute atomic E-state index is 10.3. The van der Waals surface area contributed by atoms with Gasteiger partial charge >= 0.3 is 0 Å². The third-order valence-corrected chi connectivity index (χ3v) is 4.82. The number of aliphatic hydroxyl groups is 1. The normalized spacial score (nSPS) is 28.9. The second-order valence-electron chi connectivity index (χ2n) is 6.29. The van der Waals surface area contributed by atoms with Crippen LogP contribution in [0.4, 0.5) is 0 Å². The van der Waals surface area contributed by atoms with Gasteiger partial charge in [0.15, 0.2) is 0 Å². The molecule has 0 bridgehead atoms. The van der Waals surface area contributed by atoms with Crippen molar-refractivity contribution in [3.8, 4) is 0 Å². The molecule has 3 rings (SSSR count). The summed E-state index contributed by atoms with van der Waals surface area (Å²) >= 11 is 0. The van der Waals surface area contributed by atoms with E-state index in [9.17, 15) is 5.11 Å². The zero-order valence-electron chi connectivity index (χ0n) is 12.2. The molecule has 3 nitrogen and oxygen atoms in total. The van der Waals surface area contributed by atoms with Gasteiger partial charge in [-0.15, -0.1) is 0 Å². The second-order valence-corrected chi connectivity index (χ2v) is 6.29. The number of benzene rings is 1. The minimum absolute atomic E-state index is 0.220. The lowest BCUT2D eigenvalue weighted by atomic mass is 9.94. The van der Waals surface area contributed by atoms with Gasteiger partial charge in [0.05, 0.1) is 6.10 Å². The van der Waals surface area contributed by atoms with Crippen LogP contribution in [-0.4, -0.2) is 41.3 Å². The summed E-state index contributed by atoms with van der Waals surface area (Å²) in [4.78, 5) is 2.51. The average molecular weight is 274 g/mol. The smallest absolute Gasteiger partial charge is 0.0832 e. The van der Waals surface area contributed by atoms with Crippen molar-refractivity contribution in [2.45, 2.75) is 56.8 Å². The molecule has 1 aromatic rings. The van der Waals surface area contributed by atoms with E-state index in [2.05, 4.69) is 34.5 Å². The Balaban J connectivity index is 1.50. The van der Waals surface area contributed by atoms with Gasteiger partial charge in [-0.1, -0.05) is 49.6 Å². The Labute approximate surface area is 122 Å². The minimum Gasteiger partial charge on any atom is -0.390 e. The van der Waals surface area contributed by atoms with Crippen molar-refractivity contribution in [1.29, 1.82) is 0 Å². The summed E-state index contributed by atoms with van der Waals surface area (Å²) in [5.41, 5.74) is 1.29. The quantitative estimate of drug-likeness (QED) is 0.883. The van der Waals surface area contributed by atoms with E-state index < -0.39 is 0 Å². The van der Waals surface area contributed by atoms with E-state index in [0.717, 1.165) is 19.6 Å². The monoisotopic (exact) mass is 274 g/mol. The molecule has 0 amide bonds. The van der Waals surface area contributed by atoms with Gasteiger partial charge in [-0.25, -0.2) is 0 Å². The van der Waals surface area contributed by atoms with E-state index in [1.807, 2.05) is 6.07 Å². The molecule has 2 N–H and O–H groups in total. The second kappa shape index (κ2) is 6.70. The highest BCUT2D eigenvalue weighted by atomic mass is 16.3. The number of nitrogens with one attached hydrogen (secondary N) is 1. The van der Waals surface area contributed by atoms with Gasteiger partial charge in [0, 0.05) is 31.7 Å². The first-order chi connectivity index (χ1) is 9.83. The highest BCUT2D eigenvalue weighted by molar-refractivity contribution is 5.14. The highest BCUT2D eigenvalue weighted by Gasteiger charge is 2.34. The van der Waals surface area contributed by atoms with Crippen LogP contribution in [0.15, 0.2) is 30.3 Å². The maximum Gasteiger partial charge on any atom is 0.0832 e. The molecule has 2 fully saturated rings. The zero-order chi connectivity index (χ0) is 13.8. The lowest BCUT2D eigenvalue weighted by Crippen LogP contribution is -2.39. The summed E-state index contributed by atoms with van der Waals surface area (Å²) in [7, 11) is 0. The number of β-amino-alcohol motifs (C(OH)–C–C–N with tert-alkyl or cyclic N) is 1. The van der Waals surface area contributed by atoms with Gasteiger partial charge in [-0.2, -0.15) is 0 Å². The molecule has 0 spiro atoms. The van der Waals surface area contributed by atoms with Crippen molar-refractivity contribution >= 4 is 0 Å². The Morgan fingerprint density at radius 1 is 1.05 bits per heavy atom. The molecule has 0 unspecified atom stereocenters. The van der Waals surface area contributed by atoms with E-state index in [0.29, 0.717) is 6.04 Å². The molecule has 3 heteroatoms. The Bertz CT molecular complexity index is 403. The fourth-order valence-electron chi connectivity index (χ4n) is 3.61. The highest BCUT2D eigenvalue weighted by Crippen LogP contribution is 2.25. The number of aliphatic hydroxyl groups excluding tert-OH is 1. The molecule has 20 heavy (non-hydrogen) atoms. The minimum atomic E-state index is -0.222. The molecule has 1 saturated carbocycles. The van der Waals surface area contributed by atoms with E-state index in [1.54, 1.807) is 0 Å². The van der Waals surface area contributed by atoms with E-state index >= 15 is 0 Å². The maximum atomic E-state index is 10.3. The van der Waals surface area contributed by atoms with Crippen LogP contribution < -0.4 is 5.32 Å². The predicted molar refractivity (Wildman–Crippen MR) is 81.5 cm³/mol. The average Bonchev–Trinajstić information content (AvgIpc) is 2.88. The molecular formula is C17H26N2O. The predicted octanol–water partition coefficient (Wildman–Crippen LogP) is 2.15. The van der Waals surface area contributed by atoms with Crippen molar-refractivity contribution in [3.63, 3.8) is 0 Å². The molecule has 1 saturated heterocycles. The van der Waals surface area contributed by atoms with Crippen LogP contribution in [0.2, 0.25) is 0 Å². The number of nitrogens with zero attached hydrogens (tertiary/aromatic N) is 1. The van der Waals surface area contributed by atoms with Crippen LogP contribution in [0.5, 0.6) is 0 Å². The first-order valence-electron chi connectivity index (χ1n) is 8.02. The molecule has 2 atom stereocenters. The van der Waals surface area contributed by atoms with E-state index in [1.165, 1.54) is 37.7 Å². The summed E-state index contributed by atoms with van der Waals surface area (Å²) in [5, 5.41) is 13.8. The van der Waals surface area contributed by atoms with Gasteiger partial charge in [0.25, 0.3) is 0 Å². The molecule has 0 radical (unpaired) electrons. The van der Waals surface area contributed by atoms with Gasteiger partial charge in [0.1, 0.15) is 0 Å². The number of rotatable bonds is 4. The largest absolute Gasteiger partial charge is 0.390 e. The summed E-state index contributed by atoms with van der Waals surface area (Å²) in [6, 6.07) is 11.4. The molecule has 110 valence electrons. The number of hydrogen-bond donors (Lipinski definition) is 2. The SMILES string of the molecule is O[C@H]1CN(C2CCCCC2)C[C@@H]1NCc1ccccc1. The number of hydrogen-bond acceptors (Lipinski definition) is 3. The van der Waals surface area contributed by atoms with Crippen molar-refractivity contribution in [2.24, 2.45) is 0 Å². The standard InChI is InChI=1S/C17H26N2O/c20-17-13-19(15-9-5-2-6-10-15)12-16(17)18-11-14-7-3-1-4-8-14/h1,3-4,7-8,15-18,20H,2,5-6,9-13H2/t16-,17-/m0/s1. The first-order valence-corrected chi connectivity index (χ1v) is 8.02. The lowest BCUT2D eigenvalue weighted by Gasteiger charge is -2.30. The summed E-state index contributed by atoms with van der Waals surface area (Å²) in [6.45, 7) is 2.69. The molecule has 2 aliphatic rings. The molecule has 1 heterocycles. The molecule has 1 aromatic carbocycles. The van der Waals surface area contributed by atoms with Crippen LogP contribution in [0, 0.1) is 0 Å². The van der Waals surface area contributed by atoms with Crippen LogP contribution >= 0.6 is 0 Å². The third kappa shape index (κ3) is 3.40. The molecule has 0 aromatic heterocycles. The first kappa shape index (κ1) is 14.1. The molecular weight excluding hydrogens is 248 g/mol. The molecule has 1 aliphatic heterocycles. The zero-order valence-corrected chi connectivity index (χ0v) is 12.2. The number of likely N-dealkylation sites (tertiary alicyclic amines) is 1. The van der Waals surface area contributed by atoms with Crippen LogP contribution in [0.1, 0.15) is 37.7 Å². The van der Waals surface area contributed by atoms with Crippen LogP contribution in [-0.2, 0) is 6.54 Å². The lowest BCUT2D eigenvalue weighted by molar-refractivity contribution is 0.135. The van der Waals surface area contributed by atoms with Gasteiger partial charge < -0.3 is 10.4 Å². The Morgan fingerprint density at radius 3 is 2.55 bits per heavy atom. The van der Waals surface area contributed by atoms with Crippen molar-refractivity contribution in [2.75, 3.05) is 13.1 Å². The summed E-state index contributed by atoms with van der Waals surface area (Å²) in [5.74, 6) is 0. The Morgan fingerprint density at radius 2 is 1.80 bits per heavy atom. The van der Waals surface area contributed by atoms with Crippen molar-refractivity contribution < 1.29 is 5.11 Å². The Hall–Kier alpha value is -0.900. The van der Waals surface area contributed by atoms with Gasteiger partial charge in [-0.05, 0) is 18.4 Å². The van der Waals surface area contributed by atoms with E-state index in [-0.39, 0.29) is 12.1 Å². The topological polar surface area (TPSA) is 35.5 Å². The molecule has 1 aliphatic carbocycles. The fraction of sp³-hybridized carbons (Fsp3) is 0.647. The third-order valence-electron chi connectivity index (χ3n) is 4.82. The fourth-order valence-corrected chi connectivity index (χ4v) is 3.61.